The standard InChI is InChI=1S/C28H25ClO/c29-22-23-16-18-27(19-17-23)30-21-20-28(24-10-4-1-5-11-24,25-12-6-2-7-13-25)26-14-8-3-9-15-26/h1-19H,20-22H2. The molecule has 0 aliphatic carbocycles. The van der Waals surface area contributed by atoms with Crippen LogP contribution in [0.3, 0.4) is 0 Å². The Hall–Kier alpha value is -3.03. The van der Waals surface area contributed by atoms with Crippen molar-refractivity contribution in [2.75, 3.05) is 6.61 Å². The summed E-state index contributed by atoms with van der Waals surface area (Å²) < 4.78 is 6.18. The second-order valence-corrected chi connectivity index (χ2v) is 7.65. The van der Waals surface area contributed by atoms with Gasteiger partial charge in [0, 0.05) is 11.3 Å². The molecule has 0 heterocycles. The molecule has 0 saturated heterocycles. The Balaban J connectivity index is 1.72. The monoisotopic (exact) mass is 412 g/mol. The van der Waals surface area contributed by atoms with Crippen molar-refractivity contribution in [3.05, 3.63) is 138 Å². The molecular weight excluding hydrogens is 388 g/mol. The van der Waals surface area contributed by atoms with E-state index < -0.39 is 0 Å². The van der Waals surface area contributed by atoms with E-state index in [1.54, 1.807) is 0 Å². The van der Waals surface area contributed by atoms with E-state index in [1.807, 2.05) is 24.3 Å². The van der Waals surface area contributed by atoms with Crippen LogP contribution in [-0.2, 0) is 11.3 Å². The number of halogens is 1. The van der Waals surface area contributed by atoms with E-state index in [0.29, 0.717) is 12.5 Å². The van der Waals surface area contributed by atoms with E-state index in [1.165, 1.54) is 16.7 Å². The largest absolute Gasteiger partial charge is 0.494 e. The van der Waals surface area contributed by atoms with E-state index in [9.17, 15) is 0 Å². The Morgan fingerprint density at radius 1 is 0.567 bits per heavy atom. The molecule has 0 saturated carbocycles. The average molecular weight is 413 g/mol. The molecule has 0 spiro atoms. The Labute approximate surface area is 183 Å². The zero-order valence-corrected chi connectivity index (χ0v) is 17.6. The summed E-state index contributed by atoms with van der Waals surface area (Å²) in [5, 5.41) is 0. The Morgan fingerprint density at radius 2 is 1.00 bits per heavy atom. The van der Waals surface area contributed by atoms with E-state index >= 15 is 0 Å². The van der Waals surface area contributed by atoms with E-state index in [0.717, 1.165) is 17.7 Å². The van der Waals surface area contributed by atoms with Crippen LogP contribution >= 0.6 is 11.6 Å². The maximum Gasteiger partial charge on any atom is 0.119 e. The molecule has 0 amide bonds. The SMILES string of the molecule is ClCc1ccc(OCCC(c2ccccc2)(c2ccccc2)c2ccccc2)cc1. The predicted molar refractivity (Wildman–Crippen MR) is 125 cm³/mol. The van der Waals surface area contributed by atoms with Gasteiger partial charge in [-0.15, -0.1) is 11.6 Å². The van der Waals surface area contributed by atoms with Gasteiger partial charge in [-0.2, -0.15) is 0 Å². The summed E-state index contributed by atoms with van der Waals surface area (Å²) in [6, 6.07) is 40.2. The molecule has 4 rings (SSSR count). The van der Waals surface area contributed by atoms with Crippen molar-refractivity contribution in [2.45, 2.75) is 17.7 Å². The highest BCUT2D eigenvalue weighted by molar-refractivity contribution is 6.17. The number of hydrogen-bond acceptors (Lipinski definition) is 1. The van der Waals surface area contributed by atoms with Gasteiger partial charge in [-0.1, -0.05) is 103 Å². The fraction of sp³-hybridized carbons (Fsp3) is 0.143. The van der Waals surface area contributed by atoms with E-state index in [4.69, 9.17) is 16.3 Å². The summed E-state index contributed by atoms with van der Waals surface area (Å²) in [6.45, 7) is 0.596. The van der Waals surface area contributed by atoms with Crippen LogP contribution in [0.25, 0.3) is 0 Å². The first-order valence-electron chi connectivity index (χ1n) is 10.3. The van der Waals surface area contributed by atoms with Crippen molar-refractivity contribution in [2.24, 2.45) is 0 Å². The van der Waals surface area contributed by atoms with Crippen LogP contribution in [0.5, 0.6) is 5.75 Å². The second-order valence-electron chi connectivity index (χ2n) is 7.38. The molecule has 30 heavy (non-hydrogen) atoms. The van der Waals surface area contributed by atoms with Gasteiger partial charge in [0.05, 0.1) is 6.61 Å². The van der Waals surface area contributed by atoms with Gasteiger partial charge in [0.15, 0.2) is 0 Å². The molecule has 4 aromatic carbocycles. The minimum Gasteiger partial charge on any atom is -0.494 e. The smallest absolute Gasteiger partial charge is 0.119 e. The van der Waals surface area contributed by atoms with Gasteiger partial charge < -0.3 is 4.74 Å². The number of ether oxygens (including phenoxy) is 1. The fourth-order valence-corrected chi connectivity index (χ4v) is 4.28. The van der Waals surface area contributed by atoms with Gasteiger partial charge in [-0.05, 0) is 40.8 Å². The molecule has 0 aromatic heterocycles. The van der Waals surface area contributed by atoms with Gasteiger partial charge in [-0.25, -0.2) is 0 Å². The van der Waals surface area contributed by atoms with Crippen LogP contribution in [0, 0.1) is 0 Å². The Kier molecular flexibility index (Phi) is 6.51. The first-order valence-corrected chi connectivity index (χ1v) is 10.8. The third-order valence-corrected chi connectivity index (χ3v) is 5.93. The topological polar surface area (TPSA) is 9.23 Å². The Morgan fingerprint density at radius 3 is 1.40 bits per heavy atom. The molecule has 0 fully saturated rings. The van der Waals surface area contributed by atoms with Crippen molar-refractivity contribution >= 4 is 11.6 Å². The highest BCUT2D eigenvalue weighted by Crippen LogP contribution is 2.42. The summed E-state index contributed by atoms with van der Waals surface area (Å²) in [7, 11) is 0. The van der Waals surface area contributed by atoms with Gasteiger partial charge >= 0.3 is 0 Å². The lowest BCUT2D eigenvalue weighted by Gasteiger charge is -2.36. The average Bonchev–Trinajstić information content (AvgIpc) is 2.84. The number of hydrogen-bond donors (Lipinski definition) is 0. The predicted octanol–water partition coefficient (Wildman–Crippen LogP) is 7.23. The van der Waals surface area contributed by atoms with Crippen molar-refractivity contribution in [1.82, 2.24) is 0 Å². The van der Waals surface area contributed by atoms with Crippen molar-refractivity contribution < 1.29 is 4.74 Å². The van der Waals surface area contributed by atoms with E-state index in [-0.39, 0.29) is 5.41 Å². The maximum absolute atomic E-state index is 6.18. The highest BCUT2D eigenvalue weighted by Gasteiger charge is 2.36. The molecule has 0 aliphatic rings. The lowest BCUT2D eigenvalue weighted by atomic mass is 9.67. The summed E-state index contributed by atoms with van der Waals surface area (Å²) in [5.41, 5.74) is 4.60. The number of rotatable bonds is 8. The summed E-state index contributed by atoms with van der Waals surface area (Å²) >= 11 is 5.91. The lowest BCUT2D eigenvalue weighted by Crippen LogP contribution is -2.31. The van der Waals surface area contributed by atoms with Crippen molar-refractivity contribution in [1.29, 1.82) is 0 Å². The quantitative estimate of drug-likeness (QED) is 0.219. The highest BCUT2D eigenvalue weighted by atomic mass is 35.5. The zero-order valence-electron chi connectivity index (χ0n) is 16.9. The summed E-state index contributed by atoms with van der Waals surface area (Å²) in [4.78, 5) is 0. The lowest BCUT2D eigenvalue weighted by molar-refractivity contribution is 0.286. The van der Waals surface area contributed by atoms with Crippen molar-refractivity contribution in [3.63, 3.8) is 0 Å². The normalized spacial score (nSPS) is 11.2. The minimum absolute atomic E-state index is 0.292. The summed E-state index contributed by atoms with van der Waals surface area (Å²) in [5.74, 6) is 1.38. The molecule has 0 unspecified atom stereocenters. The zero-order chi connectivity index (χ0) is 20.7. The fourth-order valence-electron chi connectivity index (χ4n) is 4.10. The molecule has 150 valence electrons. The Bertz CT molecular complexity index is 932. The minimum atomic E-state index is -0.292. The van der Waals surface area contributed by atoms with Crippen LogP contribution in [0.4, 0.5) is 0 Å². The molecule has 1 nitrogen and oxygen atoms in total. The van der Waals surface area contributed by atoms with Crippen LogP contribution in [0.1, 0.15) is 28.7 Å². The molecule has 0 radical (unpaired) electrons. The van der Waals surface area contributed by atoms with Gasteiger partial charge in [0.1, 0.15) is 5.75 Å². The second kappa shape index (κ2) is 9.65. The van der Waals surface area contributed by atoms with Crippen LogP contribution in [0.15, 0.2) is 115 Å². The first kappa shape index (κ1) is 20.3. The molecule has 0 bridgehead atoms. The van der Waals surface area contributed by atoms with Gasteiger partial charge in [0.2, 0.25) is 0 Å². The molecular formula is C28H25ClO. The van der Waals surface area contributed by atoms with Crippen LogP contribution in [0.2, 0.25) is 0 Å². The molecule has 4 aromatic rings. The maximum atomic E-state index is 6.18. The third kappa shape index (κ3) is 4.27. The molecule has 0 N–H and O–H groups in total. The van der Waals surface area contributed by atoms with Crippen LogP contribution < -0.4 is 4.74 Å². The molecule has 0 atom stereocenters. The number of benzene rings is 4. The first-order chi connectivity index (χ1) is 14.8. The van der Waals surface area contributed by atoms with Crippen molar-refractivity contribution in [3.8, 4) is 5.75 Å². The molecule has 0 aliphatic heterocycles. The van der Waals surface area contributed by atoms with E-state index in [2.05, 4.69) is 91.0 Å². The van der Waals surface area contributed by atoms with Gasteiger partial charge in [-0.3, -0.25) is 0 Å². The molecule has 2 heteroatoms. The summed E-state index contributed by atoms with van der Waals surface area (Å²) in [6.07, 6.45) is 0.822. The number of alkyl halides is 1. The van der Waals surface area contributed by atoms with Gasteiger partial charge in [0.25, 0.3) is 0 Å². The third-order valence-electron chi connectivity index (χ3n) is 5.62. The van der Waals surface area contributed by atoms with Crippen LogP contribution in [-0.4, -0.2) is 6.61 Å².